The number of benzene rings is 2. The van der Waals surface area contributed by atoms with E-state index in [4.69, 9.17) is 17.0 Å². The van der Waals surface area contributed by atoms with Crippen LogP contribution in [-0.4, -0.2) is 17.1 Å². The zero-order valence-corrected chi connectivity index (χ0v) is 14.8. The van der Waals surface area contributed by atoms with Gasteiger partial charge in [0, 0.05) is 29.4 Å². The van der Waals surface area contributed by atoms with Gasteiger partial charge in [0.1, 0.15) is 11.4 Å². The summed E-state index contributed by atoms with van der Waals surface area (Å²) in [5, 5.41) is 10.3. The van der Waals surface area contributed by atoms with Crippen molar-refractivity contribution in [1.29, 1.82) is 5.41 Å². The van der Waals surface area contributed by atoms with Crippen molar-refractivity contribution < 1.29 is 9.18 Å². The largest absolute Gasteiger partial charge is 0.358 e. The Bertz CT molecular complexity index is 1100. The molecule has 1 amide bonds. The second-order valence-corrected chi connectivity index (χ2v) is 6.23. The second kappa shape index (κ2) is 7.97. The predicted molar refractivity (Wildman–Crippen MR) is 105 cm³/mol. The molecule has 0 aliphatic rings. The number of rotatable bonds is 5. The first-order valence-electron chi connectivity index (χ1n) is 8.04. The minimum absolute atomic E-state index is 0.0289. The summed E-state index contributed by atoms with van der Waals surface area (Å²) < 4.78 is 14.2. The van der Waals surface area contributed by atoms with E-state index in [-0.39, 0.29) is 23.0 Å². The molecule has 3 aromatic rings. The number of hydrogen-bond donors (Lipinski definition) is 3. The molecular weight excluding hydrogens is 369 g/mol. The molecule has 0 spiro atoms. The number of carbonyl (C=O) groups excluding carboxylic acids is 1. The van der Waals surface area contributed by atoms with Crippen molar-refractivity contribution in [1.82, 2.24) is 10.3 Å². The minimum Gasteiger partial charge on any atom is -0.358 e. The third-order valence-electron chi connectivity index (χ3n) is 3.96. The van der Waals surface area contributed by atoms with Gasteiger partial charge in [0.25, 0.3) is 5.91 Å². The summed E-state index contributed by atoms with van der Waals surface area (Å²) >= 11 is 5.82. The number of aromatic nitrogens is 1. The van der Waals surface area contributed by atoms with Crippen LogP contribution in [0.2, 0.25) is 5.02 Å². The zero-order chi connectivity index (χ0) is 19.4. The van der Waals surface area contributed by atoms with Gasteiger partial charge in [-0.15, -0.1) is 0 Å². The molecule has 1 heterocycles. The van der Waals surface area contributed by atoms with Gasteiger partial charge in [0.2, 0.25) is 5.43 Å². The van der Waals surface area contributed by atoms with Crippen LogP contribution in [0.25, 0.3) is 17.0 Å². The lowest BCUT2D eigenvalue weighted by Gasteiger charge is -2.07. The molecule has 0 unspecified atom stereocenters. The summed E-state index contributed by atoms with van der Waals surface area (Å²) in [4.78, 5) is 27.7. The van der Waals surface area contributed by atoms with E-state index in [1.165, 1.54) is 30.5 Å². The quantitative estimate of drug-likeness (QED) is 0.583. The maximum absolute atomic E-state index is 14.2. The molecule has 3 N–H and O–H groups in total. The van der Waals surface area contributed by atoms with E-state index in [0.717, 1.165) is 11.8 Å². The lowest BCUT2D eigenvalue weighted by Crippen LogP contribution is -2.28. The van der Waals surface area contributed by atoms with Crippen LogP contribution < -0.4 is 10.7 Å². The van der Waals surface area contributed by atoms with Crippen LogP contribution in [0.15, 0.2) is 53.5 Å². The molecule has 1 aromatic heterocycles. The van der Waals surface area contributed by atoms with E-state index in [2.05, 4.69) is 10.3 Å². The molecular formula is C20H15ClFN3O2. The molecule has 0 saturated carbocycles. The average molecular weight is 384 g/mol. The first-order chi connectivity index (χ1) is 13.0. The smallest absolute Gasteiger partial charge is 0.257 e. The summed E-state index contributed by atoms with van der Waals surface area (Å²) in [6, 6.07) is 9.68. The number of H-pyrrole nitrogens is 1. The zero-order valence-electron chi connectivity index (χ0n) is 14.1. The molecule has 0 radical (unpaired) electrons. The van der Waals surface area contributed by atoms with E-state index in [9.17, 15) is 14.0 Å². The number of allylic oxidation sites excluding steroid dienone is 1. The Labute approximate surface area is 159 Å². The number of fused-ring (bicyclic) bond motifs is 1. The van der Waals surface area contributed by atoms with Gasteiger partial charge >= 0.3 is 0 Å². The highest BCUT2D eigenvalue weighted by Crippen LogP contribution is 2.17. The van der Waals surface area contributed by atoms with Gasteiger partial charge in [-0.25, -0.2) is 4.39 Å². The number of aromatic amines is 1. The predicted octanol–water partition coefficient (Wildman–Crippen LogP) is 3.91. The molecule has 7 heteroatoms. The van der Waals surface area contributed by atoms with Gasteiger partial charge in [-0.1, -0.05) is 29.8 Å². The Morgan fingerprint density at radius 3 is 2.70 bits per heavy atom. The molecule has 0 saturated heterocycles. The summed E-state index contributed by atoms with van der Waals surface area (Å²) in [5.74, 6) is -1.17. The number of hydrogen-bond acceptors (Lipinski definition) is 3. The molecule has 0 bridgehead atoms. The van der Waals surface area contributed by atoms with Gasteiger partial charge in [0.15, 0.2) is 0 Å². The van der Waals surface area contributed by atoms with Gasteiger partial charge < -0.3 is 15.7 Å². The summed E-state index contributed by atoms with van der Waals surface area (Å²) in [6.07, 6.45) is 5.17. The fraction of sp³-hybridized carbons (Fsp3) is 0.0500. The van der Waals surface area contributed by atoms with Crippen molar-refractivity contribution in [3.8, 4) is 0 Å². The highest BCUT2D eigenvalue weighted by atomic mass is 35.5. The van der Waals surface area contributed by atoms with Crippen LogP contribution in [0.5, 0.6) is 0 Å². The minimum atomic E-state index is -0.609. The Morgan fingerprint density at radius 2 is 2.00 bits per heavy atom. The SMILES string of the molecule is N=C/C=C/c1cc(F)c2[nH]cc(C(=O)NCc3ccc(Cl)cc3)c(=O)c2c1. The molecule has 3 rings (SSSR count). The van der Waals surface area contributed by atoms with Gasteiger partial charge in [0.05, 0.1) is 5.52 Å². The Hall–Kier alpha value is -3.25. The molecule has 0 aliphatic carbocycles. The van der Waals surface area contributed by atoms with Crippen molar-refractivity contribution in [2.75, 3.05) is 0 Å². The third-order valence-corrected chi connectivity index (χ3v) is 4.21. The topological polar surface area (TPSA) is 85.8 Å². The third kappa shape index (κ3) is 4.12. The van der Waals surface area contributed by atoms with Crippen LogP contribution in [0.1, 0.15) is 21.5 Å². The van der Waals surface area contributed by atoms with E-state index in [1.807, 2.05) is 0 Å². The second-order valence-electron chi connectivity index (χ2n) is 5.79. The number of carbonyl (C=O) groups is 1. The molecule has 2 aromatic carbocycles. The standard InChI is InChI=1S/C20H15ClFN3O2/c21-14-5-3-12(4-6-14)10-25-20(27)16-11-24-18-15(19(16)26)8-13(2-1-7-23)9-17(18)22/h1-9,11,23H,10H2,(H,24,26)(H,25,27)/b2-1+,23-7?. The molecule has 5 nitrogen and oxygen atoms in total. The van der Waals surface area contributed by atoms with Crippen molar-refractivity contribution in [2.24, 2.45) is 0 Å². The lowest BCUT2D eigenvalue weighted by molar-refractivity contribution is 0.0949. The molecule has 27 heavy (non-hydrogen) atoms. The van der Waals surface area contributed by atoms with Crippen molar-refractivity contribution in [3.63, 3.8) is 0 Å². The Balaban J connectivity index is 1.91. The molecule has 136 valence electrons. The number of amides is 1. The number of nitrogens with one attached hydrogen (secondary N) is 3. The summed E-state index contributed by atoms with van der Waals surface area (Å²) in [7, 11) is 0. The maximum Gasteiger partial charge on any atom is 0.257 e. The van der Waals surface area contributed by atoms with Crippen LogP contribution in [-0.2, 0) is 6.54 Å². The highest BCUT2D eigenvalue weighted by Gasteiger charge is 2.15. The van der Waals surface area contributed by atoms with Gasteiger partial charge in [-0.3, -0.25) is 9.59 Å². The average Bonchev–Trinajstić information content (AvgIpc) is 2.66. The van der Waals surface area contributed by atoms with Crippen LogP contribution in [0.4, 0.5) is 4.39 Å². The molecule has 0 atom stereocenters. The van der Waals surface area contributed by atoms with Gasteiger partial charge in [-0.05, 0) is 41.5 Å². The molecule has 0 aliphatic heterocycles. The Kier molecular flexibility index (Phi) is 5.47. The van der Waals surface area contributed by atoms with Crippen LogP contribution in [0.3, 0.4) is 0 Å². The summed E-state index contributed by atoms with van der Waals surface area (Å²) in [5.41, 5.74) is 0.606. The van der Waals surface area contributed by atoms with Crippen LogP contribution >= 0.6 is 11.6 Å². The maximum atomic E-state index is 14.2. The first-order valence-corrected chi connectivity index (χ1v) is 8.42. The van der Waals surface area contributed by atoms with Crippen molar-refractivity contribution in [2.45, 2.75) is 6.54 Å². The molecule has 0 fully saturated rings. The number of halogens is 2. The van der Waals surface area contributed by atoms with E-state index in [0.29, 0.717) is 10.6 Å². The highest BCUT2D eigenvalue weighted by molar-refractivity contribution is 6.30. The normalized spacial score (nSPS) is 11.0. The van der Waals surface area contributed by atoms with E-state index < -0.39 is 17.2 Å². The first kappa shape index (κ1) is 18.5. The fourth-order valence-corrected chi connectivity index (χ4v) is 2.74. The van der Waals surface area contributed by atoms with E-state index in [1.54, 1.807) is 24.3 Å². The van der Waals surface area contributed by atoms with Crippen molar-refractivity contribution >= 4 is 40.7 Å². The van der Waals surface area contributed by atoms with E-state index >= 15 is 0 Å². The van der Waals surface area contributed by atoms with Crippen LogP contribution in [0, 0.1) is 11.2 Å². The lowest BCUT2D eigenvalue weighted by atomic mass is 10.1. The fourth-order valence-electron chi connectivity index (χ4n) is 2.61. The van der Waals surface area contributed by atoms with Crippen molar-refractivity contribution in [3.05, 3.63) is 86.4 Å². The summed E-state index contributed by atoms with van der Waals surface area (Å²) in [6.45, 7) is 0.226. The Morgan fingerprint density at radius 1 is 1.26 bits per heavy atom. The number of pyridine rings is 1. The monoisotopic (exact) mass is 383 g/mol. The van der Waals surface area contributed by atoms with Gasteiger partial charge in [-0.2, -0.15) is 0 Å².